The molecule has 7 heteroatoms. The van der Waals surface area contributed by atoms with Gasteiger partial charge in [0.05, 0.1) is 12.5 Å². The number of pyridine rings is 1. The summed E-state index contributed by atoms with van der Waals surface area (Å²) in [7, 11) is 1.55. The van der Waals surface area contributed by atoms with Gasteiger partial charge in [-0.25, -0.2) is 4.98 Å². The number of rotatable bonds is 6. The van der Waals surface area contributed by atoms with Crippen LogP contribution in [0.2, 0.25) is 0 Å². The SMILES string of the molecule is COCCOc1cc(F)nc(N2CC[C@H](C(=O)O)C2)c1. The number of hydrogen-bond acceptors (Lipinski definition) is 5. The zero-order valence-corrected chi connectivity index (χ0v) is 11.2. The number of nitrogens with zero attached hydrogens (tertiary/aromatic N) is 2. The normalized spacial score (nSPS) is 18.3. The average molecular weight is 284 g/mol. The van der Waals surface area contributed by atoms with E-state index in [2.05, 4.69) is 4.98 Å². The predicted octanol–water partition coefficient (Wildman–Crippen LogP) is 1.16. The lowest BCUT2D eigenvalue weighted by atomic mass is 10.1. The lowest BCUT2D eigenvalue weighted by Gasteiger charge is -2.17. The van der Waals surface area contributed by atoms with E-state index in [1.165, 1.54) is 6.07 Å². The minimum atomic E-state index is -0.833. The van der Waals surface area contributed by atoms with Gasteiger partial charge in [0, 0.05) is 32.3 Å². The number of hydrogen-bond donors (Lipinski definition) is 1. The molecule has 1 saturated heterocycles. The minimum absolute atomic E-state index is 0.317. The first-order valence-corrected chi connectivity index (χ1v) is 6.37. The zero-order valence-electron chi connectivity index (χ0n) is 11.2. The molecule has 110 valence electrons. The van der Waals surface area contributed by atoms with Crippen LogP contribution in [0.15, 0.2) is 12.1 Å². The van der Waals surface area contributed by atoms with Gasteiger partial charge in [-0.2, -0.15) is 4.39 Å². The van der Waals surface area contributed by atoms with Gasteiger partial charge < -0.3 is 19.5 Å². The molecule has 1 N–H and O–H groups in total. The van der Waals surface area contributed by atoms with Crippen LogP contribution in [0, 0.1) is 11.9 Å². The summed E-state index contributed by atoms with van der Waals surface area (Å²) >= 11 is 0. The lowest BCUT2D eigenvalue weighted by Crippen LogP contribution is -2.23. The summed E-state index contributed by atoms with van der Waals surface area (Å²) in [6.45, 7) is 1.61. The van der Waals surface area contributed by atoms with Crippen LogP contribution in [-0.2, 0) is 9.53 Å². The Kier molecular flexibility index (Phi) is 4.73. The first-order chi connectivity index (χ1) is 9.60. The molecule has 1 aliphatic rings. The highest BCUT2D eigenvalue weighted by molar-refractivity contribution is 5.71. The highest BCUT2D eigenvalue weighted by Gasteiger charge is 2.29. The van der Waals surface area contributed by atoms with Gasteiger partial charge in [0.25, 0.3) is 0 Å². The van der Waals surface area contributed by atoms with E-state index < -0.39 is 17.8 Å². The van der Waals surface area contributed by atoms with Gasteiger partial charge in [-0.05, 0) is 6.42 Å². The Morgan fingerprint density at radius 3 is 3.00 bits per heavy atom. The molecule has 0 aromatic carbocycles. The van der Waals surface area contributed by atoms with E-state index in [0.29, 0.717) is 44.3 Å². The molecule has 1 aromatic rings. The van der Waals surface area contributed by atoms with Gasteiger partial charge >= 0.3 is 5.97 Å². The molecule has 1 fully saturated rings. The third kappa shape index (κ3) is 3.57. The number of anilines is 1. The molecule has 0 bridgehead atoms. The quantitative estimate of drug-likeness (QED) is 0.624. The molecule has 2 rings (SSSR count). The third-order valence-corrected chi connectivity index (χ3v) is 3.17. The number of aliphatic carboxylic acids is 1. The largest absolute Gasteiger partial charge is 0.491 e. The fraction of sp³-hybridized carbons (Fsp3) is 0.538. The van der Waals surface area contributed by atoms with E-state index in [4.69, 9.17) is 14.6 Å². The topological polar surface area (TPSA) is 71.9 Å². The maximum absolute atomic E-state index is 13.5. The maximum Gasteiger partial charge on any atom is 0.308 e. The molecular formula is C13H17FN2O4. The van der Waals surface area contributed by atoms with E-state index in [1.807, 2.05) is 0 Å². The van der Waals surface area contributed by atoms with Crippen LogP contribution in [0.5, 0.6) is 5.75 Å². The Balaban J connectivity index is 2.06. The van der Waals surface area contributed by atoms with E-state index >= 15 is 0 Å². The first kappa shape index (κ1) is 14.5. The minimum Gasteiger partial charge on any atom is -0.491 e. The molecule has 0 saturated carbocycles. The summed E-state index contributed by atoms with van der Waals surface area (Å²) in [5, 5.41) is 8.97. The molecule has 20 heavy (non-hydrogen) atoms. The van der Waals surface area contributed by atoms with Gasteiger partial charge in [0.15, 0.2) is 0 Å². The summed E-state index contributed by atoms with van der Waals surface area (Å²) in [6, 6.07) is 2.81. The molecule has 1 atom stereocenters. The number of aromatic nitrogens is 1. The summed E-state index contributed by atoms with van der Waals surface area (Å²) in [6.07, 6.45) is 0.535. The van der Waals surface area contributed by atoms with Gasteiger partial charge in [0.2, 0.25) is 5.95 Å². The monoisotopic (exact) mass is 284 g/mol. The summed E-state index contributed by atoms with van der Waals surface area (Å²) in [5.74, 6) is -1.14. The van der Waals surface area contributed by atoms with Crippen molar-refractivity contribution in [2.75, 3.05) is 38.3 Å². The van der Waals surface area contributed by atoms with Crippen molar-refractivity contribution in [3.05, 3.63) is 18.1 Å². The number of ether oxygens (including phenoxy) is 2. The van der Waals surface area contributed by atoms with Crippen molar-refractivity contribution in [2.24, 2.45) is 5.92 Å². The molecule has 2 heterocycles. The fourth-order valence-electron chi connectivity index (χ4n) is 2.12. The highest BCUT2D eigenvalue weighted by atomic mass is 19.1. The van der Waals surface area contributed by atoms with Crippen LogP contribution in [-0.4, -0.2) is 49.5 Å². The van der Waals surface area contributed by atoms with Crippen molar-refractivity contribution in [1.29, 1.82) is 0 Å². The second-order valence-corrected chi connectivity index (χ2v) is 4.59. The second kappa shape index (κ2) is 6.51. The van der Waals surface area contributed by atoms with Crippen molar-refractivity contribution in [3.8, 4) is 5.75 Å². The fourth-order valence-corrected chi connectivity index (χ4v) is 2.12. The molecule has 0 amide bonds. The maximum atomic E-state index is 13.5. The van der Waals surface area contributed by atoms with E-state index in [-0.39, 0.29) is 0 Å². The van der Waals surface area contributed by atoms with Crippen LogP contribution >= 0.6 is 0 Å². The summed E-state index contributed by atoms with van der Waals surface area (Å²) in [4.78, 5) is 16.5. The van der Waals surface area contributed by atoms with Crippen molar-refractivity contribution in [1.82, 2.24) is 4.98 Å². The zero-order chi connectivity index (χ0) is 14.5. The molecule has 6 nitrogen and oxygen atoms in total. The smallest absolute Gasteiger partial charge is 0.308 e. The van der Waals surface area contributed by atoms with E-state index in [9.17, 15) is 9.18 Å². The lowest BCUT2D eigenvalue weighted by molar-refractivity contribution is -0.140. The molecule has 0 unspecified atom stereocenters. The number of methoxy groups -OCH3 is 1. The van der Waals surface area contributed by atoms with Gasteiger partial charge in [-0.3, -0.25) is 4.79 Å². The molecular weight excluding hydrogens is 267 g/mol. The Morgan fingerprint density at radius 2 is 2.35 bits per heavy atom. The number of halogens is 1. The molecule has 0 aliphatic carbocycles. The Morgan fingerprint density at radius 1 is 1.55 bits per heavy atom. The van der Waals surface area contributed by atoms with E-state index in [1.54, 1.807) is 18.1 Å². The van der Waals surface area contributed by atoms with Crippen molar-refractivity contribution in [3.63, 3.8) is 0 Å². The van der Waals surface area contributed by atoms with Gasteiger partial charge in [-0.15, -0.1) is 0 Å². The number of carbonyl (C=O) groups is 1. The van der Waals surface area contributed by atoms with Crippen molar-refractivity contribution >= 4 is 11.8 Å². The number of carboxylic acids is 1. The Bertz CT molecular complexity index is 483. The number of carboxylic acid groups (broad SMARTS) is 1. The molecule has 0 radical (unpaired) electrons. The van der Waals surface area contributed by atoms with E-state index in [0.717, 1.165) is 0 Å². The highest BCUT2D eigenvalue weighted by Crippen LogP contribution is 2.26. The average Bonchev–Trinajstić information content (AvgIpc) is 2.88. The second-order valence-electron chi connectivity index (χ2n) is 4.59. The third-order valence-electron chi connectivity index (χ3n) is 3.17. The van der Waals surface area contributed by atoms with Crippen LogP contribution in [0.4, 0.5) is 10.2 Å². The molecule has 1 aliphatic heterocycles. The Labute approximate surface area is 116 Å². The predicted molar refractivity (Wildman–Crippen MR) is 69.5 cm³/mol. The van der Waals surface area contributed by atoms with Crippen LogP contribution in [0.25, 0.3) is 0 Å². The van der Waals surface area contributed by atoms with Crippen LogP contribution in [0.3, 0.4) is 0 Å². The van der Waals surface area contributed by atoms with Crippen molar-refractivity contribution in [2.45, 2.75) is 6.42 Å². The first-order valence-electron chi connectivity index (χ1n) is 6.37. The molecule has 0 spiro atoms. The molecule has 1 aromatic heterocycles. The van der Waals surface area contributed by atoms with Crippen LogP contribution < -0.4 is 9.64 Å². The van der Waals surface area contributed by atoms with Gasteiger partial charge in [-0.1, -0.05) is 0 Å². The van der Waals surface area contributed by atoms with Gasteiger partial charge in [0.1, 0.15) is 18.2 Å². The standard InChI is InChI=1S/C13H17FN2O4/c1-19-4-5-20-10-6-11(14)15-12(7-10)16-3-2-9(8-16)13(17)18/h6-7,9H,2-5,8H2,1H3,(H,17,18)/t9-/m0/s1. The Hall–Kier alpha value is -1.89. The van der Waals surface area contributed by atoms with Crippen molar-refractivity contribution < 1.29 is 23.8 Å². The summed E-state index contributed by atoms with van der Waals surface area (Å²) < 4.78 is 23.7. The van der Waals surface area contributed by atoms with Crippen LogP contribution in [0.1, 0.15) is 6.42 Å². The summed E-state index contributed by atoms with van der Waals surface area (Å²) in [5.41, 5.74) is 0.